The number of hydrogen-bond donors (Lipinski definition) is 2. The molecular weight excluding hydrogens is 627 g/mol. The zero-order valence-electron chi connectivity index (χ0n) is 30.1. The molecule has 0 saturated heterocycles. The highest BCUT2D eigenvalue weighted by molar-refractivity contribution is 7.46. The largest absolute Gasteiger partial charge is 0.469 e. The van der Waals surface area contributed by atoms with Crippen LogP contribution in [0.1, 0.15) is 155 Å². The standard InChI is InChI=1S/C39H67O8P/c1-3-5-7-9-11-13-15-17-19-21-23-25-27-29-31-33-38(40)45-35-37(36-46-48(42,43)44)47-39(41)34-32-30-28-26-24-22-20-18-16-14-12-10-8-6-4-2/h5,7,9,11,13,15,17-20,37H,3-4,6,8,10,12,14,16,21-36H2,1-2H3,(H2,42,43,44)/b7-5+,11-9+,15-13+,19-17+,20-18+/t37-/m1/s1. The van der Waals surface area contributed by atoms with E-state index in [0.717, 1.165) is 70.6 Å². The van der Waals surface area contributed by atoms with Gasteiger partial charge in [-0.1, -0.05) is 145 Å². The summed E-state index contributed by atoms with van der Waals surface area (Å²) in [6.45, 7) is 3.49. The minimum Gasteiger partial charge on any atom is -0.462 e. The Hall–Kier alpha value is -2.25. The topological polar surface area (TPSA) is 119 Å². The van der Waals surface area contributed by atoms with Gasteiger partial charge in [-0.15, -0.1) is 0 Å². The monoisotopic (exact) mass is 694 g/mol. The van der Waals surface area contributed by atoms with Crippen molar-refractivity contribution in [3.8, 4) is 0 Å². The molecule has 0 spiro atoms. The Bertz CT molecular complexity index is 963. The molecular formula is C39H67O8P. The van der Waals surface area contributed by atoms with Crippen molar-refractivity contribution in [2.24, 2.45) is 0 Å². The second-order valence-electron chi connectivity index (χ2n) is 12.3. The van der Waals surface area contributed by atoms with Crippen LogP contribution in [0.4, 0.5) is 0 Å². The van der Waals surface area contributed by atoms with E-state index >= 15 is 0 Å². The van der Waals surface area contributed by atoms with Crippen molar-refractivity contribution in [2.75, 3.05) is 13.2 Å². The highest BCUT2D eigenvalue weighted by atomic mass is 31.2. The predicted octanol–water partition coefficient (Wildman–Crippen LogP) is 11.0. The summed E-state index contributed by atoms with van der Waals surface area (Å²) in [5, 5.41) is 0. The van der Waals surface area contributed by atoms with E-state index in [1.54, 1.807) is 0 Å². The van der Waals surface area contributed by atoms with Crippen LogP contribution in [0.5, 0.6) is 0 Å². The summed E-state index contributed by atoms with van der Waals surface area (Å²) < 4.78 is 26.3. The van der Waals surface area contributed by atoms with Gasteiger partial charge in [0, 0.05) is 12.8 Å². The molecule has 0 saturated carbocycles. The van der Waals surface area contributed by atoms with Crippen molar-refractivity contribution >= 4 is 19.8 Å². The van der Waals surface area contributed by atoms with E-state index in [2.05, 4.69) is 48.8 Å². The van der Waals surface area contributed by atoms with Gasteiger partial charge >= 0.3 is 19.8 Å². The zero-order chi connectivity index (χ0) is 35.4. The van der Waals surface area contributed by atoms with Gasteiger partial charge in [0.1, 0.15) is 6.61 Å². The van der Waals surface area contributed by atoms with Gasteiger partial charge in [0.2, 0.25) is 0 Å². The van der Waals surface area contributed by atoms with Crippen LogP contribution in [0.15, 0.2) is 60.8 Å². The Balaban J connectivity index is 4.04. The maximum atomic E-state index is 12.4. The van der Waals surface area contributed by atoms with E-state index in [0.29, 0.717) is 12.8 Å². The third-order valence-electron chi connectivity index (χ3n) is 7.61. The quantitative estimate of drug-likeness (QED) is 0.0229. The lowest BCUT2D eigenvalue weighted by Gasteiger charge is -2.18. The number of esters is 2. The van der Waals surface area contributed by atoms with Crippen LogP contribution >= 0.6 is 7.82 Å². The van der Waals surface area contributed by atoms with Crippen molar-refractivity contribution in [1.29, 1.82) is 0 Å². The smallest absolute Gasteiger partial charge is 0.462 e. The van der Waals surface area contributed by atoms with Crippen molar-refractivity contribution in [2.45, 2.75) is 161 Å². The van der Waals surface area contributed by atoms with Gasteiger partial charge in [-0.05, 0) is 57.8 Å². The molecule has 2 N–H and O–H groups in total. The fourth-order valence-electron chi connectivity index (χ4n) is 4.85. The van der Waals surface area contributed by atoms with Crippen molar-refractivity contribution in [3.05, 3.63) is 60.8 Å². The lowest BCUT2D eigenvalue weighted by molar-refractivity contribution is -0.161. The van der Waals surface area contributed by atoms with Gasteiger partial charge in [-0.25, -0.2) is 4.57 Å². The van der Waals surface area contributed by atoms with E-state index in [1.165, 1.54) is 44.9 Å². The third-order valence-corrected chi connectivity index (χ3v) is 8.10. The Morgan fingerprint density at radius 2 is 1.02 bits per heavy atom. The number of hydrogen-bond acceptors (Lipinski definition) is 6. The summed E-state index contributed by atoms with van der Waals surface area (Å²) in [6.07, 6.45) is 42.2. The summed E-state index contributed by atoms with van der Waals surface area (Å²) in [4.78, 5) is 42.7. The molecule has 48 heavy (non-hydrogen) atoms. The molecule has 0 heterocycles. The van der Waals surface area contributed by atoms with Gasteiger partial charge in [0.15, 0.2) is 6.10 Å². The van der Waals surface area contributed by atoms with E-state index < -0.39 is 32.5 Å². The molecule has 0 bridgehead atoms. The number of carbonyl (C=O) groups is 2. The van der Waals surface area contributed by atoms with E-state index in [1.807, 2.05) is 30.4 Å². The van der Waals surface area contributed by atoms with E-state index in [4.69, 9.17) is 19.3 Å². The molecule has 0 aliphatic carbocycles. The fraction of sp³-hybridized carbons (Fsp3) is 0.692. The first-order valence-electron chi connectivity index (χ1n) is 18.6. The summed E-state index contributed by atoms with van der Waals surface area (Å²) in [5.74, 6) is -0.927. The molecule has 0 aliphatic heterocycles. The van der Waals surface area contributed by atoms with Crippen molar-refractivity contribution in [3.63, 3.8) is 0 Å². The molecule has 276 valence electrons. The van der Waals surface area contributed by atoms with Crippen LogP contribution in [0, 0.1) is 0 Å². The number of ether oxygens (including phenoxy) is 2. The minimum atomic E-state index is -4.76. The molecule has 8 nitrogen and oxygen atoms in total. The lowest BCUT2D eigenvalue weighted by Crippen LogP contribution is -2.29. The Kier molecular flexibility index (Phi) is 33.0. The number of carbonyl (C=O) groups excluding carboxylic acids is 2. The SMILES string of the molecule is CC/C=C/C=C/C=C/C=C/CCCCCCCC(=O)OC[C@H](COP(=O)(O)O)OC(=O)CCCCCCC/C=C/CCCCCCCC. The summed E-state index contributed by atoms with van der Waals surface area (Å²) in [5.41, 5.74) is 0. The number of allylic oxidation sites excluding steroid dienone is 10. The van der Waals surface area contributed by atoms with Crippen LogP contribution in [-0.2, 0) is 28.2 Å². The van der Waals surface area contributed by atoms with Gasteiger partial charge in [-0.2, -0.15) is 0 Å². The second-order valence-corrected chi connectivity index (χ2v) is 13.5. The molecule has 0 fully saturated rings. The maximum absolute atomic E-state index is 12.4. The Morgan fingerprint density at radius 1 is 0.562 bits per heavy atom. The van der Waals surface area contributed by atoms with E-state index in [-0.39, 0.29) is 19.4 Å². The summed E-state index contributed by atoms with van der Waals surface area (Å²) in [7, 11) is -4.76. The van der Waals surface area contributed by atoms with E-state index in [9.17, 15) is 14.2 Å². The Labute approximate surface area is 292 Å². The molecule has 0 aromatic carbocycles. The Morgan fingerprint density at radius 3 is 1.56 bits per heavy atom. The first-order chi connectivity index (χ1) is 23.3. The van der Waals surface area contributed by atoms with Crippen LogP contribution in [-0.4, -0.2) is 41.0 Å². The van der Waals surface area contributed by atoms with Crippen LogP contribution in [0.3, 0.4) is 0 Å². The van der Waals surface area contributed by atoms with Gasteiger partial charge in [0.25, 0.3) is 0 Å². The molecule has 9 heteroatoms. The first-order valence-corrected chi connectivity index (χ1v) is 20.2. The average Bonchev–Trinajstić information content (AvgIpc) is 3.05. The molecule has 0 aromatic rings. The van der Waals surface area contributed by atoms with Gasteiger partial charge in [-0.3, -0.25) is 14.1 Å². The molecule has 0 radical (unpaired) electrons. The molecule has 1 atom stereocenters. The third kappa shape index (κ3) is 36.6. The zero-order valence-corrected chi connectivity index (χ0v) is 31.0. The maximum Gasteiger partial charge on any atom is 0.469 e. The summed E-state index contributed by atoms with van der Waals surface area (Å²) >= 11 is 0. The number of rotatable bonds is 33. The van der Waals surface area contributed by atoms with Crippen LogP contribution in [0.25, 0.3) is 0 Å². The molecule has 0 unspecified atom stereocenters. The number of phosphoric ester groups is 1. The first kappa shape index (κ1) is 45.8. The molecule has 0 amide bonds. The van der Waals surface area contributed by atoms with Crippen LogP contribution < -0.4 is 0 Å². The number of phosphoric acid groups is 1. The summed E-state index contributed by atoms with van der Waals surface area (Å²) in [6, 6.07) is 0. The van der Waals surface area contributed by atoms with Crippen molar-refractivity contribution in [1.82, 2.24) is 0 Å². The average molecular weight is 695 g/mol. The predicted molar refractivity (Wildman–Crippen MR) is 197 cm³/mol. The van der Waals surface area contributed by atoms with Crippen LogP contribution in [0.2, 0.25) is 0 Å². The lowest BCUT2D eigenvalue weighted by atomic mass is 10.1. The number of unbranched alkanes of at least 4 members (excludes halogenated alkanes) is 16. The highest BCUT2D eigenvalue weighted by Gasteiger charge is 2.22. The van der Waals surface area contributed by atoms with Gasteiger partial charge in [0.05, 0.1) is 6.61 Å². The second kappa shape index (κ2) is 34.6. The fourth-order valence-corrected chi connectivity index (χ4v) is 5.21. The molecule has 0 aromatic heterocycles. The van der Waals surface area contributed by atoms with Crippen molar-refractivity contribution < 1.29 is 37.9 Å². The normalized spacial score (nSPS) is 13.2. The molecule has 0 rings (SSSR count). The van der Waals surface area contributed by atoms with Gasteiger partial charge < -0.3 is 19.3 Å². The minimum absolute atomic E-state index is 0.194. The highest BCUT2D eigenvalue weighted by Crippen LogP contribution is 2.36. The molecule has 0 aliphatic rings.